The molecule has 4 heterocycles. The number of hydrogen-bond donors (Lipinski definition) is 0. The highest BCUT2D eigenvalue weighted by Gasteiger charge is 2.47. The lowest BCUT2D eigenvalue weighted by Gasteiger charge is -2.50. The molecule has 5 rings (SSSR count). The predicted molar refractivity (Wildman–Crippen MR) is 114 cm³/mol. The number of imidazole rings is 1. The van der Waals surface area contributed by atoms with Crippen molar-refractivity contribution in [3.8, 4) is 11.3 Å². The van der Waals surface area contributed by atoms with Gasteiger partial charge in [-0.15, -0.1) is 11.3 Å². The summed E-state index contributed by atoms with van der Waals surface area (Å²) in [4.78, 5) is 26.4. The number of benzene rings is 1. The molecule has 0 saturated carbocycles. The number of fused-ring (bicyclic) bond motifs is 2. The lowest BCUT2D eigenvalue weighted by Crippen LogP contribution is -2.58. The van der Waals surface area contributed by atoms with Gasteiger partial charge in [-0.05, 0) is 24.9 Å². The second-order valence-electron chi connectivity index (χ2n) is 7.76. The van der Waals surface area contributed by atoms with Crippen LogP contribution >= 0.6 is 11.3 Å². The van der Waals surface area contributed by atoms with E-state index in [1.807, 2.05) is 22.5 Å². The van der Waals surface area contributed by atoms with Gasteiger partial charge in [-0.25, -0.2) is 9.97 Å². The summed E-state index contributed by atoms with van der Waals surface area (Å²) >= 11 is 1.47. The molecule has 0 aliphatic carbocycles. The van der Waals surface area contributed by atoms with Crippen molar-refractivity contribution in [3.05, 3.63) is 58.9 Å². The number of nitrogens with zero attached hydrogens (tertiary/aromatic N) is 5. The molecule has 0 N–H and O–H groups in total. The molecule has 1 amide bonds. The molecule has 150 valence electrons. The summed E-state index contributed by atoms with van der Waals surface area (Å²) in [6.07, 6.45) is 3.84. The Hall–Kier alpha value is -2.51. The lowest BCUT2D eigenvalue weighted by atomic mass is 9.83. The average molecular weight is 408 g/mol. The molecule has 2 aliphatic heterocycles. The standard InChI is InChI=1S/C22H25N5OS/c1-2-26-12-13-27-19(17-6-4-3-5-7-17)14-23-21(27)22(26)8-10-25(11-9-22)20(28)18-15-29-16-24-18/h3-7,14-16H,2,8-13H2,1H3. The Morgan fingerprint density at radius 1 is 1.10 bits per heavy atom. The third kappa shape index (κ3) is 3.00. The number of carbonyl (C=O) groups is 1. The first-order valence-corrected chi connectivity index (χ1v) is 11.2. The molecule has 1 saturated heterocycles. The number of hydrogen-bond acceptors (Lipinski definition) is 5. The van der Waals surface area contributed by atoms with Gasteiger partial charge in [0.05, 0.1) is 22.9 Å². The molecule has 29 heavy (non-hydrogen) atoms. The smallest absolute Gasteiger partial charge is 0.273 e. The summed E-state index contributed by atoms with van der Waals surface area (Å²) in [6, 6.07) is 10.5. The first kappa shape index (κ1) is 18.5. The van der Waals surface area contributed by atoms with Crippen LogP contribution in [0.3, 0.4) is 0 Å². The number of likely N-dealkylation sites (N-methyl/N-ethyl adjacent to an activating group) is 1. The highest BCUT2D eigenvalue weighted by atomic mass is 32.1. The van der Waals surface area contributed by atoms with E-state index < -0.39 is 0 Å². The lowest BCUT2D eigenvalue weighted by molar-refractivity contribution is -0.00326. The number of thiazole rings is 1. The zero-order chi connectivity index (χ0) is 19.8. The average Bonchev–Trinajstić information content (AvgIpc) is 3.45. The van der Waals surface area contributed by atoms with Crippen LogP contribution in [0.15, 0.2) is 47.4 Å². The minimum atomic E-state index is -0.0983. The number of piperidine rings is 1. The molecule has 1 spiro atoms. The van der Waals surface area contributed by atoms with E-state index in [9.17, 15) is 4.79 Å². The quantitative estimate of drug-likeness (QED) is 0.667. The van der Waals surface area contributed by atoms with Crippen molar-refractivity contribution >= 4 is 17.2 Å². The summed E-state index contributed by atoms with van der Waals surface area (Å²) in [5, 5.41) is 1.84. The second kappa shape index (κ2) is 7.39. The third-order valence-electron chi connectivity index (χ3n) is 6.45. The zero-order valence-electron chi connectivity index (χ0n) is 16.6. The Morgan fingerprint density at radius 2 is 1.90 bits per heavy atom. The molecule has 0 atom stereocenters. The van der Waals surface area contributed by atoms with Gasteiger partial charge >= 0.3 is 0 Å². The van der Waals surface area contributed by atoms with E-state index in [4.69, 9.17) is 4.98 Å². The van der Waals surface area contributed by atoms with Crippen molar-refractivity contribution in [1.29, 1.82) is 0 Å². The van der Waals surface area contributed by atoms with Gasteiger partial charge in [-0.2, -0.15) is 0 Å². The molecule has 2 aliphatic rings. The molecular weight excluding hydrogens is 382 g/mol. The maximum absolute atomic E-state index is 12.8. The summed E-state index contributed by atoms with van der Waals surface area (Å²) in [5.41, 5.74) is 4.59. The fourth-order valence-electron chi connectivity index (χ4n) is 4.95. The first-order chi connectivity index (χ1) is 14.2. The Kier molecular flexibility index (Phi) is 4.72. The van der Waals surface area contributed by atoms with E-state index in [2.05, 4.69) is 45.6 Å². The van der Waals surface area contributed by atoms with Crippen molar-refractivity contribution < 1.29 is 4.79 Å². The first-order valence-electron chi connectivity index (χ1n) is 10.3. The molecule has 7 heteroatoms. The van der Waals surface area contributed by atoms with Crippen LogP contribution in [-0.2, 0) is 12.1 Å². The summed E-state index contributed by atoms with van der Waals surface area (Å²) in [7, 11) is 0. The SMILES string of the molecule is CCN1CCn2c(-c3ccccc3)cnc2C12CCN(C(=O)c1cscn1)CC2. The molecule has 2 aromatic heterocycles. The van der Waals surface area contributed by atoms with E-state index in [0.29, 0.717) is 5.69 Å². The molecule has 0 radical (unpaired) electrons. The summed E-state index contributed by atoms with van der Waals surface area (Å²) in [5.74, 6) is 1.21. The molecule has 0 bridgehead atoms. The van der Waals surface area contributed by atoms with Crippen LogP contribution in [0.2, 0.25) is 0 Å². The zero-order valence-corrected chi connectivity index (χ0v) is 17.4. The van der Waals surface area contributed by atoms with Gasteiger partial charge in [-0.1, -0.05) is 37.3 Å². The third-order valence-corrected chi connectivity index (χ3v) is 7.04. The fourth-order valence-corrected chi connectivity index (χ4v) is 5.48. The van der Waals surface area contributed by atoms with E-state index >= 15 is 0 Å². The molecular formula is C22H25N5OS. The van der Waals surface area contributed by atoms with Gasteiger partial charge in [0.25, 0.3) is 5.91 Å². The van der Waals surface area contributed by atoms with Gasteiger partial charge in [0.1, 0.15) is 11.5 Å². The van der Waals surface area contributed by atoms with Crippen molar-refractivity contribution in [1.82, 2.24) is 24.3 Å². The Bertz CT molecular complexity index is 990. The monoisotopic (exact) mass is 407 g/mol. The normalized spacial score (nSPS) is 18.7. The number of likely N-dealkylation sites (tertiary alicyclic amines) is 1. The number of rotatable bonds is 3. The molecule has 3 aromatic rings. The molecule has 1 aromatic carbocycles. The van der Waals surface area contributed by atoms with Crippen molar-refractivity contribution in [2.75, 3.05) is 26.2 Å². The predicted octanol–water partition coefficient (Wildman–Crippen LogP) is 3.47. The number of aromatic nitrogens is 3. The minimum Gasteiger partial charge on any atom is -0.337 e. The second-order valence-corrected chi connectivity index (χ2v) is 8.48. The minimum absolute atomic E-state index is 0.0493. The summed E-state index contributed by atoms with van der Waals surface area (Å²) in [6.45, 7) is 6.66. The van der Waals surface area contributed by atoms with Crippen LogP contribution in [0.5, 0.6) is 0 Å². The summed E-state index contributed by atoms with van der Waals surface area (Å²) < 4.78 is 2.40. The molecule has 6 nitrogen and oxygen atoms in total. The van der Waals surface area contributed by atoms with Crippen molar-refractivity contribution in [2.45, 2.75) is 31.8 Å². The van der Waals surface area contributed by atoms with Crippen LogP contribution in [0, 0.1) is 0 Å². The van der Waals surface area contributed by atoms with E-state index in [-0.39, 0.29) is 11.4 Å². The van der Waals surface area contributed by atoms with Crippen LogP contribution in [-0.4, -0.2) is 56.4 Å². The van der Waals surface area contributed by atoms with Crippen molar-refractivity contribution in [2.24, 2.45) is 0 Å². The Balaban J connectivity index is 1.46. The number of carbonyl (C=O) groups excluding carboxylic acids is 1. The largest absolute Gasteiger partial charge is 0.337 e. The highest BCUT2D eigenvalue weighted by Crippen LogP contribution is 2.42. The van der Waals surface area contributed by atoms with Crippen molar-refractivity contribution in [3.63, 3.8) is 0 Å². The van der Waals surface area contributed by atoms with Gasteiger partial charge in [0, 0.05) is 31.6 Å². The van der Waals surface area contributed by atoms with Crippen LogP contribution in [0.4, 0.5) is 0 Å². The highest BCUT2D eigenvalue weighted by molar-refractivity contribution is 7.07. The molecule has 0 unspecified atom stereocenters. The number of amides is 1. The van der Waals surface area contributed by atoms with E-state index in [1.54, 1.807) is 5.51 Å². The topological polar surface area (TPSA) is 54.3 Å². The van der Waals surface area contributed by atoms with Gasteiger partial charge in [0.2, 0.25) is 0 Å². The van der Waals surface area contributed by atoms with Gasteiger partial charge < -0.3 is 9.47 Å². The van der Waals surface area contributed by atoms with Crippen LogP contribution < -0.4 is 0 Å². The van der Waals surface area contributed by atoms with E-state index in [1.165, 1.54) is 22.6 Å². The Morgan fingerprint density at radius 3 is 2.59 bits per heavy atom. The Labute approximate surface area is 174 Å². The van der Waals surface area contributed by atoms with E-state index in [0.717, 1.165) is 51.4 Å². The maximum atomic E-state index is 12.8. The van der Waals surface area contributed by atoms with Gasteiger partial charge in [0.15, 0.2) is 0 Å². The molecule has 1 fully saturated rings. The van der Waals surface area contributed by atoms with Crippen LogP contribution in [0.25, 0.3) is 11.3 Å². The fraction of sp³-hybridized carbons (Fsp3) is 0.409. The maximum Gasteiger partial charge on any atom is 0.273 e. The van der Waals surface area contributed by atoms with Crippen LogP contribution in [0.1, 0.15) is 36.1 Å². The van der Waals surface area contributed by atoms with Gasteiger partial charge in [-0.3, -0.25) is 9.69 Å².